The summed E-state index contributed by atoms with van der Waals surface area (Å²) in [6, 6.07) is 23.6. The van der Waals surface area contributed by atoms with Crippen molar-refractivity contribution in [2.75, 3.05) is 14.2 Å². The van der Waals surface area contributed by atoms with Crippen molar-refractivity contribution in [2.24, 2.45) is 23.7 Å². The second kappa shape index (κ2) is 9.90. The topological polar surface area (TPSA) is 101 Å². The van der Waals surface area contributed by atoms with E-state index in [1.807, 2.05) is 66.7 Å². The molecule has 4 aliphatic rings. The zero-order chi connectivity index (χ0) is 30.0. The highest BCUT2D eigenvalue weighted by atomic mass is 16.5. The summed E-state index contributed by atoms with van der Waals surface area (Å²) in [4.78, 5) is 57.6. The van der Waals surface area contributed by atoms with Crippen LogP contribution in [0, 0.1) is 23.7 Å². The van der Waals surface area contributed by atoms with Gasteiger partial charge in [0, 0.05) is 24.5 Å². The smallest absolute Gasteiger partial charge is 0.233 e. The number of phenols is 1. The van der Waals surface area contributed by atoms with Gasteiger partial charge in [0.1, 0.15) is 0 Å². The third-order valence-electron chi connectivity index (χ3n) is 10.1. The summed E-state index contributed by atoms with van der Waals surface area (Å²) < 4.78 is 5.49. The SMILES string of the molecule is COc1cc([C@H]2C3=CC[C@@H]4C(=O)N(C)C(=O)[C@@H]4[C@@H]3C[C@H]3C(=O)C(c4ccccc4)=CC(=O)[C@@]23c2ccccc2)ccc1O. The number of rotatable bonds is 4. The van der Waals surface area contributed by atoms with Gasteiger partial charge in [0.25, 0.3) is 0 Å². The Bertz CT molecular complexity index is 1740. The molecule has 1 saturated heterocycles. The molecule has 3 aromatic rings. The average Bonchev–Trinajstić information content (AvgIpc) is 3.26. The predicted octanol–water partition coefficient (Wildman–Crippen LogP) is 4.86. The number of ether oxygens (including phenoxy) is 1. The number of ketones is 2. The summed E-state index contributed by atoms with van der Waals surface area (Å²) in [6.07, 6.45) is 4.15. The Balaban J connectivity index is 1.53. The van der Waals surface area contributed by atoms with Gasteiger partial charge in [-0.3, -0.25) is 24.1 Å². The van der Waals surface area contributed by atoms with Gasteiger partial charge >= 0.3 is 0 Å². The summed E-state index contributed by atoms with van der Waals surface area (Å²) in [5.74, 6) is -3.56. The normalized spacial score (nSPS) is 29.8. The number of amides is 2. The first-order valence-electron chi connectivity index (χ1n) is 14.6. The lowest BCUT2D eigenvalue weighted by molar-refractivity contribution is -0.139. The number of nitrogens with zero attached hydrogens (tertiary/aromatic N) is 1. The molecule has 7 heteroatoms. The number of methoxy groups -OCH3 is 1. The number of carbonyl (C=O) groups excluding carboxylic acids is 4. The first-order chi connectivity index (χ1) is 20.8. The van der Waals surface area contributed by atoms with E-state index in [0.29, 0.717) is 28.7 Å². The molecule has 0 bridgehead atoms. The minimum Gasteiger partial charge on any atom is -0.504 e. The maximum atomic E-state index is 14.9. The van der Waals surface area contributed by atoms with Crippen molar-refractivity contribution in [1.29, 1.82) is 0 Å². The van der Waals surface area contributed by atoms with Crippen molar-refractivity contribution in [3.8, 4) is 11.5 Å². The van der Waals surface area contributed by atoms with E-state index in [4.69, 9.17) is 4.74 Å². The number of imide groups is 1. The number of hydrogen-bond acceptors (Lipinski definition) is 6. The van der Waals surface area contributed by atoms with Crippen LogP contribution in [0.2, 0.25) is 0 Å². The van der Waals surface area contributed by atoms with Gasteiger partial charge in [-0.15, -0.1) is 0 Å². The first-order valence-corrected chi connectivity index (χ1v) is 14.6. The van der Waals surface area contributed by atoms with Crippen LogP contribution in [0.1, 0.15) is 35.4 Å². The molecular weight excluding hydrogens is 542 g/mol. The van der Waals surface area contributed by atoms with Crippen molar-refractivity contribution >= 4 is 29.0 Å². The molecule has 216 valence electrons. The fraction of sp³-hybridized carbons (Fsp3) is 0.278. The number of fused-ring (bicyclic) bond motifs is 4. The highest BCUT2D eigenvalue weighted by Crippen LogP contribution is 2.63. The number of likely N-dealkylation sites (tertiary alicyclic amines) is 1. The van der Waals surface area contributed by atoms with E-state index in [0.717, 1.165) is 5.57 Å². The summed E-state index contributed by atoms with van der Waals surface area (Å²) in [5.41, 5.74) is 2.00. The van der Waals surface area contributed by atoms with Crippen molar-refractivity contribution in [3.05, 3.63) is 113 Å². The predicted molar refractivity (Wildman–Crippen MR) is 159 cm³/mol. The Labute approximate surface area is 249 Å². The van der Waals surface area contributed by atoms with Crippen LogP contribution in [0.15, 0.2) is 96.6 Å². The van der Waals surface area contributed by atoms with E-state index in [1.54, 1.807) is 12.1 Å². The molecule has 43 heavy (non-hydrogen) atoms. The zero-order valence-corrected chi connectivity index (χ0v) is 23.9. The van der Waals surface area contributed by atoms with Crippen molar-refractivity contribution in [2.45, 2.75) is 24.2 Å². The molecule has 1 aliphatic heterocycles. The monoisotopic (exact) mass is 573 g/mol. The molecule has 1 N–H and O–H groups in total. The van der Waals surface area contributed by atoms with Crippen LogP contribution in [0.4, 0.5) is 0 Å². The molecule has 7 nitrogen and oxygen atoms in total. The number of carbonyl (C=O) groups is 4. The number of hydrogen-bond donors (Lipinski definition) is 1. The van der Waals surface area contributed by atoms with Crippen LogP contribution in [-0.2, 0) is 24.6 Å². The highest BCUT2D eigenvalue weighted by molar-refractivity contribution is 6.31. The van der Waals surface area contributed by atoms with Crippen molar-refractivity contribution < 1.29 is 29.0 Å². The van der Waals surface area contributed by atoms with Gasteiger partial charge in [-0.1, -0.05) is 78.4 Å². The van der Waals surface area contributed by atoms with Crippen LogP contribution < -0.4 is 4.74 Å². The lowest BCUT2D eigenvalue weighted by Crippen LogP contribution is -2.58. The molecule has 6 atom stereocenters. The molecular formula is C36H31NO6. The third kappa shape index (κ3) is 3.73. The summed E-state index contributed by atoms with van der Waals surface area (Å²) >= 11 is 0. The maximum Gasteiger partial charge on any atom is 0.233 e. The first kappa shape index (κ1) is 27.1. The van der Waals surface area contributed by atoms with Crippen LogP contribution in [0.3, 0.4) is 0 Å². The number of Topliss-reactive ketones (excluding diaryl/α,β-unsaturated/α-hetero) is 1. The number of aromatic hydroxyl groups is 1. The second-order valence-corrected chi connectivity index (χ2v) is 12.0. The Morgan fingerprint density at radius 2 is 1.58 bits per heavy atom. The Morgan fingerprint density at radius 1 is 0.884 bits per heavy atom. The number of benzene rings is 3. The molecule has 3 aromatic carbocycles. The van der Waals surface area contributed by atoms with Crippen LogP contribution in [0.5, 0.6) is 11.5 Å². The molecule has 0 unspecified atom stereocenters. The van der Waals surface area contributed by atoms with E-state index in [1.165, 1.54) is 31.2 Å². The summed E-state index contributed by atoms with van der Waals surface area (Å²) in [7, 11) is 2.99. The number of phenolic OH excluding ortho intramolecular Hbond substituents is 1. The minimum atomic E-state index is -1.31. The highest BCUT2D eigenvalue weighted by Gasteiger charge is 2.65. The second-order valence-electron chi connectivity index (χ2n) is 12.0. The standard InChI is InChI=1S/C36H31NO6/c1-37-34(41)24-15-14-23-26(31(24)35(37)42)18-27-33(40)25(20-9-5-3-6-10-20)19-30(39)36(27,22-11-7-4-8-12-22)32(23)21-13-16-28(38)29(17-21)43-2/h3-14,16-17,19,24,26-27,31-32,38H,15,18H2,1-2H3/t24-,26+,27-,31-,32-,36-/m0/s1. The maximum absolute atomic E-state index is 14.9. The molecule has 2 amide bonds. The van der Waals surface area contributed by atoms with Gasteiger partial charge in [-0.05, 0) is 53.7 Å². The Kier molecular flexibility index (Phi) is 6.24. The quantitative estimate of drug-likeness (QED) is 0.354. The van der Waals surface area contributed by atoms with E-state index >= 15 is 0 Å². The molecule has 1 heterocycles. The molecule has 0 spiro atoms. The summed E-state index contributed by atoms with van der Waals surface area (Å²) in [5, 5.41) is 10.5. The van der Waals surface area contributed by atoms with Crippen molar-refractivity contribution in [3.63, 3.8) is 0 Å². The van der Waals surface area contributed by atoms with Gasteiger partial charge < -0.3 is 9.84 Å². The molecule has 0 aromatic heterocycles. The Morgan fingerprint density at radius 3 is 2.28 bits per heavy atom. The zero-order valence-electron chi connectivity index (χ0n) is 23.9. The van der Waals surface area contributed by atoms with Gasteiger partial charge in [-0.25, -0.2) is 0 Å². The molecule has 1 saturated carbocycles. The van der Waals surface area contributed by atoms with Crippen LogP contribution in [-0.4, -0.2) is 47.5 Å². The molecule has 7 rings (SSSR count). The fourth-order valence-corrected chi connectivity index (χ4v) is 8.28. The fourth-order valence-electron chi connectivity index (χ4n) is 8.28. The molecule has 2 fully saturated rings. The summed E-state index contributed by atoms with van der Waals surface area (Å²) in [6.45, 7) is 0. The van der Waals surface area contributed by atoms with Crippen molar-refractivity contribution in [1.82, 2.24) is 4.90 Å². The van der Waals surface area contributed by atoms with Crippen LogP contribution >= 0.6 is 0 Å². The van der Waals surface area contributed by atoms with E-state index in [2.05, 4.69) is 0 Å². The molecule has 0 radical (unpaired) electrons. The van der Waals surface area contributed by atoms with Gasteiger partial charge in [-0.2, -0.15) is 0 Å². The average molecular weight is 574 g/mol. The third-order valence-corrected chi connectivity index (χ3v) is 10.1. The lowest BCUT2D eigenvalue weighted by atomic mass is 9.44. The van der Waals surface area contributed by atoms with E-state index in [-0.39, 0.29) is 41.3 Å². The van der Waals surface area contributed by atoms with E-state index in [9.17, 15) is 24.3 Å². The Hall–Kier alpha value is -4.78. The lowest BCUT2D eigenvalue weighted by Gasteiger charge is -2.55. The van der Waals surface area contributed by atoms with Gasteiger partial charge in [0.15, 0.2) is 23.1 Å². The van der Waals surface area contributed by atoms with Crippen LogP contribution in [0.25, 0.3) is 5.57 Å². The van der Waals surface area contributed by atoms with E-state index < -0.39 is 35.0 Å². The largest absolute Gasteiger partial charge is 0.504 e. The molecule has 3 aliphatic carbocycles. The van der Waals surface area contributed by atoms with Gasteiger partial charge in [0.05, 0.1) is 24.4 Å². The minimum absolute atomic E-state index is 0.0443. The number of allylic oxidation sites excluding steroid dienone is 4. The van der Waals surface area contributed by atoms with Gasteiger partial charge in [0.2, 0.25) is 11.8 Å².